The van der Waals surface area contributed by atoms with Crippen LogP contribution in [0.3, 0.4) is 0 Å². The summed E-state index contributed by atoms with van der Waals surface area (Å²) in [6.07, 6.45) is 0. The number of carboxylic acid groups (broad SMARTS) is 1. The molecule has 1 saturated heterocycles. The topological polar surface area (TPSA) is 94.9 Å². The molecule has 3 rings (SSSR count). The number of carboxylic acids is 1. The van der Waals surface area contributed by atoms with E-state index in [1.165, 1.54) is 0 Å². The van der Waals surface area contributed by atoms with Crippen molar-refractivity contribution < 1.29 is 24.6 Å². The molecule has 1 amide bonds. The molecule has 0 saturated carbocycles. The van der Waals surface area contributed by atoms with Crippen LogP contribution >= 0.6 is 15.9 Å². The van der Waals surface area contributed by atoms with E-state index < -0.39 is 30.2 Å². The van der Waals surface area contributed by atoms with Crippen LogP contribution in [-0.2, 0) is 14.4 Å². The molecule has 0 spiro atoms. The number of carbonyl (C=O) groups excluding carboxylic acids is 2. The van der Waals surface area contributed by atoms with Gasteiger partial charge in [-0.05, 0) is 17.7 Å². The Labute approximate surface area is 157 Å². The van der Waals surface area contributed by atoms with Gasteiger partial charge in [-0.25, -0.2) is 0 Å². The Kier molecular flexibility index (Phi) is 4.90. The largest absolute Gasteiger partial charge is 0.507 e. The zero-order valence-corrected chi connectivity index (χ0v) is 15.0. The smallest absolute Gasteiger partial charge is 0.323 e. The molecular weight excluding hydrogens is 402 g/mol. The standard InChI is InChI=1S/C19H14BrNO5/c20-13-8-6-12(7-9-13)17(24)15-16(11-4-2-1-3-5-11)21(10-14(22)23)19(26)18(15)25/h1-9,16,24H,10H2,(H,22,23)/t16-/m1/s1. The second-order valence-electron chi connectivity index (χ2n) is 5.74. The number of ketones is 1. The molecule has 2 N–H and O–H groups in total. The van der Waals surface area contributed by atoms with Gasteiger partial charge in [0.2, 0.25) is 0 Å². The Balaban J connectivity index is 2.18. The number of carbonyl (C=O) groups is 3. The molecule has 0 aromatic heterocycles. The van der Waals surface area contributed by atoms with E-state index in [1.54, 1.807) is 54.6 Å². The first-order chi connectivity index (χ1) is 12.4. The van der Waals surface area contributed by atoms with Crippen LogP contribution in [0.2, 0.25) is 0 Å². The van der Waals surface area contributed by atoms with Crippen molar-refractivity contribution in [3.63, 3.8) is 0 Å². The van der Waals surface area contributed by atoms with Crippen molar-refractivity contribution in [2.45, 2.75) is 6.04 Å². The van der Waals surface area contributed by atoms with Crippen LogP contribution in [-0.4, -0.2) is 39.3 Å². The van der Waals surface area contributed by atoms with Gasteiger partial charge >= 0.3 is 5.97 Å². The maximum atomic E-state index is 12.6. The molecule has 7 heteroatoms. The van der Waals surface area contributed by atoms with Crippen LogP contribution in [0.25, 0.3) is 5.76 Å². The molecule has 0 radical (unpaired) electrons. The fraction of sp³-hybridized carbons (Fsp3) is 0.105. The van der Waals surface area contributed by atoms with E-state index in [9.17, 15) is 19.5 Å². The Bertz CT molecular complexity index is 905. The van der Waals surface area contributed by atoms with E-state index in [1.807, 2.05) is 0 Å². The second kappa shape index (κ2) is 7.13. The Morgan fingerprint density at radius 2 is 1.62 bits per heavy atom. The van der Waals surface area contributed by atoms with Crippen LogP contribution in [0.5, 0.6) is 0 Å². The number of halogens is 1. The average molecular weight is 416 g/mol. The van der Waals surface area contributed by atoms with Gasteiger partial charge < -0.3 is 15.1 Å². The summed E-state index contributed by atoms with van der Waals surface area (Å²) in [4.78, 5) is 37.1. The molecule has 1 aliphatic heterocycles. The Hall–Kier alpha value is -2.93. The number of aliphatic carboxylic acids is 1. The third-order valence-electron chi connectivity index (χ3n) is 4.08. The molecule has 1 atom stereocenters. The van der Waals surface area contributed by atoms with E-state index >= 15 is 0 Å². The molecule has 0 bridgehead atoms. The molecule has 1 aliphatic rings. The van der Waals surface area contributed by atoms with Gasteiger partial charge in [-0.15, -0.1) is 0 Å². The summed E-state index contributed by atoms with van der Waals surface area (Å²) in [7, 11) is 0. The number of benzene rings is 2. The number of rotatable bonds is 4. The molecule has 0 unspecified atom stereocenters. The van der Waals surface area contributed by atoms with Gasteiger partial charge in [0, 0.05) is 10.0 Å². The number of aliphatic hydroxyl groups is 1. The lowest BCUT2D eigenvalue weighted by molar-refractivity contribution is -0.146. The number of likely N-dealkylation sites (tertiary alicyclic amines) is 1. The second-order valence-corrected chi connectivity index (χ2v) is 6.65. The quantitative estimate of drug-likeness (QED) is 0.454. The minimum atomic E-state index is -1.24. The van der Waals surface area contributed by atoms with E-state index in [0.717, 1.165) is 9.37 Å². The van der Waals surface area contributed by atoms with E-state index in [-0.39, 0.29) is 11.3 Å². The van der Waals surface area contributed by atoms with Crippen LogP contribution in [0.4, 0.5) is 0 Å². The zero-order chi connectivity index (χ0) is 18.8. The molecule has 6 nitrogen and oxygen atoms in total. The number of aliphatic hydroxyl groups excluding tert-OH is 1. The first kappa shape index (κ1) is 17.9. The molecule has 2 aromatic rings. The molecule has 132 valence electrons. The predicted octanol–water partition coefficient (Wildman–Crippen LogP) is 2.96. The van der Waals surface area contributed by atoms with Crippen molar-refractivity contribution in [3.8, 4) is 0 Å². The van der Waals surface area contributed by atoms with E-state index in [4.69, 9.17) is 5.11 Å². The van der Waals surface area contributed by atoms with Gasteiger partial charge in [-0.3, -0.25) is 14.4 Å². The highest BCUT2D eigenvalue weighted by atomic mass is 79.9. The van der Waals surface area contributed by atoms with E-state index in [2.05, 4.69) is 15.9 Å². The number of hydrogen-bond acceptors (Lipinski definition) is 4. The predicted molar refractivity (Wildman–Crippen MR) is 97.2 cm³/mol. The highest BCUT2D eigenvalue weighted by molar-refractivity contribution is 9.10. The fourth-order valence-electron chi connectivity index (χ4n) is 2.93. The Morgan fingerprint density at radius 3 is 2.19 bits per heavy atom. The third kappa shape index (κ3) is 3.25. The van der Waals surface area contributed by atoms with Crippen LogP contribution < -0.4 is 0 Å². The summed E-state index contributed by atoms with van der Waals surface area (Å²) in [5.41, 5.74) is 0.791. The monoisotopic (exact) mass is 415 g/mol. The van der Waals surface area contributed by atoms with Crippen LogP contribution in [0, 0.1) is 0 Å². The van der Waals surface area contributed by atoms with Crippen molar-refractivity contribution in [3.05, 3.63) is 75.8 Å². The first-order valence-corrected chi connectivity index (χ1v) is 8.50. The molecule has 0 aliphatic carbocycles. The zero-order valence-electron chi connectivity index (χ0n) is 13.4. The van der Waals surface area contributed by atoms with Gasteiger partial charge in [-0.1, -0.05) is 58.4 Å². The van der Waals surface area contributed by atoms with Crippen molar-refractivity contribution in [2.24, 2.45) is 0 Å². The maximum Gasteiger partial charge on any atom is 0.323 e. The number of nitrogens with zero attached hydrogens (tertiary/aromatic N) is 1. The SMILES string of the molecule is O=C(O)CN1C(=O)C(=O)C(=C(O)c2ccc(Br)cc2)[C@H]1c1ccccc1. The third-order valence-corrected chi connectivity index (χ3v) is 4.61. The minimum Gasteiger partial charge on any atom is -0.507 e. The van der Waals surface area contributed by atoms with Gasteiger partial charge in [0.1, 0.15) is 12.3 Å². The summed E-state index contributed by atoms with van der Waals surface area (Å²) in [5, 5.41) is 19.8. The van der Waals surface area contributed by atoms with Gasteiger partial charge in [0.15, 0.2) is 0 Å². The van der Waals surface area contributed by atoms with Crippen LogP contribution in [0.1, 0.15) is 17.2 Å². The maximum absolute atomic E-state index is 12.6. The van der Waals surface area contributed by atoms with Crippen molar-refractivity contribution in [1.29, 1.82) is 0 Å². The fourth-order valence-corrected chi connectivity index (χ4v) is 3.20. The number of amides is 1. The average Bonchev–Trinajstić information content (AvgIpc) is 2.87. The summed E-state index contributed by atoms with van der Waals surface area (Å²) in [6.45, 7) is -0.638. The van der Waals surface area contributed by atoms with Crippen molar-refractivity contribution >= 4 is 39.3 Å². The highest BCUT2D eigenvalue weighted by Crippen LogP contribution is 2.39. The first-order valence-electron chi connectivity index (χ1n) is 7.71. The molecule has 26 heavy (non-hydrogen) atoms. The van der Waals surface area contributed by atoms with Crippen LogP contribution in [0.15, 0.2) is 64.6 Å². The van der Waals surface area contributed by atoms with Gasteiger partial charge in [-0.2, -0.15) is 0 Å². The lowest BCUT2D eigenvalue weighted by Crippen LogP contribution is -2.34. The van der Waals surface area contributed by atoms with Crippen molar-refractivity contribution in [2.75, 3.05) is 6.54 Å². The summed E-state index contributed by atoms with van der Waals surface area (Å²) in [5.74, 6) is -3.42. The minimum absolute atomic E-state index is 0.121. The lowest BCUT2D eigenvalue weighted by atomic mass is 9.95. The normalized spacial score (nSPS) is 19.0. The van der Waals surface area contributed by atoms with Gasteiger partial charge in [0.25, 0.3) is 11.7 Å². The molecule has 2 aromatic carbocycles. The number of Topliss-reactive ketones (excluding diaryl/α,β-unsaturated/α-hetero) is 1. The van der Waals surface area contributed by atoms with E-state index in [0.29, 0.717) is 11.1 Å². The molecule has 1 fully saturated rings. The lowest BCUT2D eigenvalue weighted by Gasteiger charge is -2.23. The summed E-state index contributed by atoms with van der Waals surface area (Å²) in [6, 6.07) is 14.2. The summed E-state index contributed by atoms with van der Waals surface area (Å²) >= 11 is 3.29. The molecular formula is C19H14BrNO5. The molecule has 1 heterocycles. The summed E-state index contributed by atoms with van der Waals surface area (Å²) < 4.78 is 0.792. The highest BCUT2D eigenvalue weighted by Gasteiger charge is 2.46. The Morgan fingerprint density at radius 1 is 1.00 bits per heavy atom. The van der Waals surface area contributed by atoms with Crippen molar-refractivity contribution in [1.82, 2.24) is 4.90 Å². The number of hydrogen-bond donors (Lipinski definition) is 2. The van der Waals surface area contributed by atoms with Gasteiger partial charge in [0.05, 0.1) is 11.6 Å².